The fourth-order valence-electron chi connectivity index (χ4n) is 3.04. The van der Waals surface area contributed by atoms with Crippen LogP contribution in [0.2, 0.25) is 0 Å². The first-order chi connectivity index (χ1) is 13.4. The maximum atomic E-state index is 12.4. The Morgan fingerprint density at radius 3 is 2.71 bits per heavy atom. The van der Waals surface area contributed by atoms with E-state index in [1.165, 1.54) is 6.92 Å². The van der Waals surface area contributed by atoms with Gasteiger partial charge in [0.2, 0.25) is 5.91 Å². The SMILES string of the molecule is Cc1ccc(CNC(=O)[C@H](C)OC(=O)[C@@H]2CC(=O)N(Cc3ccco3)C2)cc1. The summed E-state index contributed by atoms with van der Waals surface area (Å²) in [6, 6.07) is 11.3. The third-order valence-corrected chi connectivity index (χ3v) is 4.72. The van der Waals surface area contributed by atoms with Gasteiger partial charge < -0.3 is 19.4 Å². The number of carbonyl (C=O) groups excluding carboxylic acids is 3. The van der Waals surface area contributed by atoms with E-state index in [0.717, 1.165) is 11.1 Å². The number of amides is 2. The summed E-state index contributed by atoms with van der Waals surface area (Å²) in [5.41, 5.74) is 2.11. The van der Waals surface area contributed by atoms with E-state index in [1.807, 2.05) is 31.2 Å². The number of nitrogens with zero attached hydrogens (tertiary/aromatic N) is 1. The Kier molecular flexibility index (Phi) is 6.13. The van der Waals surface area contributed by atoms with E-state index in [9.17, 15) is 14.4 Å². The topological polar surface area (TPSA) is 88.8 Å². The highest BCUT2D eigenvalue weighted by Crippen LogP contribution is 2.22. The molecule has 1 aliphatic rings. The Balaban J connectivity index is 1.46. The molecular formula is C21H24N2O5. The first kappa shape index (κ1) is 19.7. The Morgan fingerprint density at radius 1 is 1.29 bits per heavy atom. The predicted octanol–water partition coefficient (Wildman–Crippen LogP) is 2.18. The predicted molar refractivity (Wildman–Crippen MR) is 101 cm³/mol. The third kappa shape index (κ3) is 5.00. The van der Waals surface area contributed by atoms with E-state index in [4.69, 9.17) is 9.15 Å². The molecule has 3 rings (SSSR count). The summed E-state index contributed by atoms with van der Waals surface area (Å²) in [5, 5.41) is 2.76. The number of nitrogens with one attached hydrogen (secondary N) is 1. The first-order valence-electron chi connectivity index (χ1n) is 9.26. The second-order valence-electron chi connectivity index (χ2n) is 7.04. The van der Waals surface area contributed by atoms with Gasteiger partial charge in [0.1, 0.15) is 5.76 Å². The molecule has 7 nitrogen and oxygen atoms in total. The minimum Gasteiger partial charge on any atom is -0.467 e. The van der Waals surface area contributed by atoms with Crippen LogP contribution in [0.1, 0.15) is 30.2 Å². The molecule has 2 amide bonds. The third-order valence-electron chi connectivity index (χ3n) is 4.72. The minimum absolute atomic E-state index is 0.0806. The summed E-state index contributed by atoms with van der Waals surface area (Å²) < 4.78 is 10.5. The zero-order valence-electron chi connectivity index (χ0n) is 16.0. The average Bonchev–Trinajstić information content (AvgIpc) is 3.31. The van der Waals surface area contributed by atoms with Gasteiger partial charge in [-0.1, -0.05) is 29.8 Å². The van der Waals surface area contributed by atoms with Crippen molar-refractivity contribution in [2.45, 2.75) is 39.5 Å². The van der Waals surface area contributed by atoms with Crippen LogP contribution in [0.15, 0.2) is 47.1 Å². The van der Waals surface area contributed by atoms with E-state index >= 15 is 0 Å². The molecule has 2 aromatic rings. The number of carbonyl (C=O) groups is 3. The number of hydrogen-bond acceptors (Lipinski definition) is 5. The Morgan fingerprint density at radius 2 is 2.04 bits per heavy atom. The number of furan rings is 1. The van der Waals surface area contributed by atoms with Crippen LogP contribution < -0.4 is 5.32 Å². The molecule has 28 heavy (non-hydrogen) atoms. The van der Waals surface area contributed by atoms with Gasteiger partial charge in [0.05, 0.1) is 18.7 Å². The normalized spacial score (nSPS) is 17.4. The van der Waals surface area contributed by atoms with Gasteiger partial charge in [-0.25, -0.2) is 0 Å². The zero-order chi connectivity index (χ0) is 20.1. The van der Waals surface area contributed by atoms with Crippen molar-refractivity contribution in [2.75, 3.05) is 6.54 Å². The van der Waals surface area contributed by atoms with Crippen molar-refractivity contribution in [3.63, 3.8) is 0 Å². The van der Waals surface area contributed by atoms with Crippen molar-refractivity contribution >= 4 is 17.8 Å². The van der Waals surface area contributed by atoms with Crippen molar-refractivity contribution in [1.29, 1.82) is 0 Å². The van der Waals surface area contributed by atoms with Gasteiger partial charge in [0.15, 0.2) is 6.10 Å². The lowest BCUT2D eigenvalue weighted by atomic mass is 10.1. The molecule has 2 atom stereocenters. The highest BCUT2D eigenvalue weighted by Gasteiger charge is 2.36. The fourth-order valence-corrected chi connectivity index (χ4v) is 3.04. The summed E-state index contributed by atoms with van der Waals surface area (Å²) >= 11 is 0. The van der Waals surface area contributed by atoms with Gasteiger partial charge >= 0.3 is 5.97 Å². The number of aryl methyl sites for hydroxylation is 1. The number of benzene rings is 1. The molecule has 1 N–H and O–H groups in total. The van der Waals surface area contributed by atoms with Crippen LogP contribution in [-0.4, -0.2) is 35.3 Å². The van der Waals surface area contributed by atoms with Gasteiger partial charge in [0.25, 0.3) is 5.91 Å². The van der Waals surface area contributed by atoms with Gasteiger partial charge in [-0.3, -0.25) is 14.4 Å². The smallest absolute Gasteiger partial charge is 0.312 e. The van der Waals surface area contributed by atoms with Crippen molar-refractivity contribution in [2.24, 2.45) is 5.92 Å². The first-order valence-corrected chi connectivity index (χ1v) is 9.26. The Labute approximate surface area is 163 Å². The molecule has 7 heteroatoms. The van der Waals surface area contributed by atoms with Crippen LogP contribution in [0.3, 0.4) is 0 Å². The standard InChI is InChI=1S/C21H24N2O5/c1-14-5-7-16(8-6-14)11-22-20(25)15(2)28-21(26)17-10-19(24)23(12-17)13-18-4-3-9-27-18/h3-9,15,17H,10-13H2,1-2H3,(H,22,25)/t15-,17+/m0/s1. The van der Waals surface area contributed by atoms with Crippen LogP contribution >= 0.6 is 0 Å². The van der Waals surface area contributed by atoms with Crippen LogP contribution in [-0.2, 0) is 32.2 Å². The number of ether oxygens (including phenoxy) is 1. The van der Waals surface area contributed by atoms with Crippen LogP contribution in [0.25, 0.3) is 0 Å². The molecule has 0 unspecified atom stereocenters. The van der Waals surface area contributed by atoms with E-state index in [1.54, 1.807) is 23.3 Å². The van der Waals surface area contributed by atoms with Gasteiger partial charge in [-0.05, 0) is 31.5 Å². The summed E-state index contributed by atoms with van der Waals surface area (Å²) in [4.78, 5) is 38.2. The van der Waals surface area contributed by atoms with Gasteiger partial charge in [-0.2, -0.15) is 0 Å². The maximum Gasteiger partial charge on any atom is 0.312 e. The molecule has 0 bridgehead atoms. The molecular weight excluding hydrogens is 360 g/mol. The average molecular weight is 384 g/mol. The molecule has 0 aliphatic carbocycles. The van der Waals surface area contributed by atoms with E-state index in [0.29, 0.717) is 18.8 Å². The monoisotopic (exact) mass is 384 g/mol. The van der Waals surface area contributed by atoms with Crippen LogP contribution in [0, 0.1) is 12.8 Å². The number of hydrogen-bond donors (Lipinski definition) is 1. The molecule has 0 radical (unpaired) electrons. The molecule has 0 spiro atoms. The zero-order valence-corrected chi connectivity index (χ0v) is 16.0. The molecule has 2 heterocycles. The molecule has 148 valence electrons. The van der Waals surface area contributed by atoms with Crippen molar-refractivity contribution in [3.05, 3.63) is 59.5 Å². The van der Waals surface area contributed by atoms with Gasteiger partial charge in [-0.15, -0.1) is 0 Å². The van der Waals surface area contributed by atoms with Crippen LogP contribution in [0.5, 0.6) is 0 Å². The minimum atomic E-state index is -0.924. The van der Waals surface area contributed by atoms with Crippen LogP contribution in [0.4, 0.5) is 0 Å². The number of likely N-dealkylation sites (tertiary alicyclic amines) is 1. The van der Waals surface area contributed by atoms with Crippen molar-refractivity contribution < 1.29 is 23.5 Å². The largest absolute Gasteiger partial charge is 0.467 e. The number of rotatable bonds is 7. The van der Waals surface area contributed by atoms with E-state index in [2.05, 4.69) is 5.32 Å². The lowest BCUT2D eigenvalue weighted by Gasteiger charge is -2.17. The molecule has 1 aliphatic heterocycles. The fraction of sp³-hybridized carbons (Fsp3) is 0.381. The second kappa shape index (κ2) is 8.73. The molecule has 1 aromatic heterocycles. The highest BCUT2D eigenvalue weighted by molar-refractivity contribution is 5.88. The molecule has 0 saturated carbocycles. The summed E-state index contributed by atoms with van der Waals surface area (Å²) in [7, 11) is 0. The Hall–Kier alpha value is -3.09. The molecule has 1 aromatic carbocycles. The maximum absolute atomic E-state index is 12.4. The molecule has 1 fully saturated rings. The summed E-state index contributed by atoms with van der Waals surface area (Å²) in [6.07, 6.45) is 0.697. The summed E-state index contributed by atoms with van der Waals surface area (Å²) in [6.45, 7) is 4.46. The molecule has 1 saturated heterocycles. The van der Waals surface area contributed by atoms with Crippen molar-refractivity contribution in [1.82, 2.24) is 10.2 Å². The summed E-state index contributed by atoms with van der Waals surface area (Å²) in [5.74, 6) is -0.949. The lowest BCUT2D eigenvalue weighted by Crippen LogP contribution is -2.37. The number of esters is 1. The second-order valence-corrected chi connectivity index (χ2v) is 7.04. The quantitative estimate of drug-likeness (QED) is 0.739. The van der Waals surface area contributed by atoms with E-state index in [-0.39, 0.29) is 24.8 Å². The highest BCUT2D eigenvalue weighted by atomic mass is 16.5. The Bertz CT molecular complexity index is 829. The lowest BCUT2D eigenvalue weighted by molar-refractivity contribution is -0.158. The van der Waals surface area contributed by atoms with Crippen molar-refractivity contribution in [3.8, 4) is 0 Å². The van der Waals surface area contributed by atoms with Gasteiger partial charge in [0, 0.05) is 19.5 Å². The van der Waals surface area contributed by atoms with E-state index < -0.39 is 18.0 Å².